The molecular weight excluding hydrogens is 220 g/mol. The molecule has 0 aliphatic rings. The van der Waals surface area contributed by atoms with E-state index in [2.05, 4.69) is 0 Å². The minimum atomic E-state index is -0.799. The van der Waals surface area contributed by atoms with Gasteiger partial charge in [-0.05, 0) is 37.5 Å². The van der Waals surface area contributed by atoms with E-state index in [4.69, 9.17) is 9.84 Å². The van der Waals surface area contributed by atoms with Crippen LogP contribution in [-0.2, 0) is 16.0 Å². The lowest BCUT2D eigenvalue weighted by atomic mass is 10.1. The predicted molar refractivity (Wildman–Crippen MR) is 63.0 cm³/mol. The first-order valence-electron chi connectivity index (χ1n) is 5.61. The van der Waals surface area contributed by atoms with Crippen LogP contribution in [0, 0.1) is 0 Å². The van der Waals surface area contributed by atoms with E-state index >= 15 is 0 Å². The molecule has 4 heteroatoms. The number of ether oxygens (including phenoxy) is 1. The topological polar surface area (TPSA) is 63.6 Å². The van der Waals surface area contributed by atoms with Gasteiger partial charge in [-0.3, -0.25) is 4.79 Å². The number of carbonyl (C=O) groups excluding carboxylic acids is 1. The first kappa shape index (κ1) is 13.2. The minimum absolute atomic E-state index is 0.142. The Bertz CT molecular complexity index is 398. The summed E-state index contributed by atoms with van der Waals surface area (Å²) in [6.45, 7) is 2.11. The molecule has 4 nitrogen and oxygen atoms in total. The second-order valence-electron chi connectivity index (χ2n) is 3.67. The van der Waals surface area contributed by atoms with E-state index in [1.807, 2.05) is 6.07 Å². The first-order valence-corrected chi connectivity index (χ1v) is 5.61. The van der Waals surface area contributed by atoms with Gasteiger partial charge in [0.1, 0.15) is 0 Å². The Labute approximate surface area is 100 Å². The van der Waals surface area contributed by atoms with Gasteiger partial charge in [0, 0.05) is 6.42 Å². The lowest BCUT2D eigenvalue weighted by Crippen LogP contribution is -2.05. The highest BCUT2D eigenvalue weighted by molar-refractivity contribution is 5.89. The van der Waals surface area contributed by atoms with Crippen LogP contribution in [0.1, 0.15) is 35.7 Å². The molecule has 0 bridgehead atoms. The summed E-state index contributed by atoms with van der Waals surface area (Å²) in [5.41, 5.74) is 1.47. The number of carbonyl (C=O) groups is 2. The maximum absolute atomic E-state index is 11.5. The van der Waals surface area contributed by atoms with E-state index in [9.17, 15) is 9.59 Å². The molecule has 0 aliphatic heterocycles. The van der Waals surface area contributed by atoms with Gasteiger partial charge in [-0.25, -0.2) is 4.79 Å². The SMILES string of the molecule is CCOC(=O)c1cccc(CCCC(=O)O)c1. The number of hydrogen-bond acceptors (Lipinski definition) is 3. The van der Waals surface area contributed by atoms with Crippen molar-refractivity contribution in [1.82, 2.24) is 0 Å². The molecule has 0 radical (unpaired) electrons. The van der Waals surface area contributed by atoms with Crippen LogP contribution in [0.2, 0.25) is 0 Å². The molecule has 0 aliphatic carbocycles. The molecule has 17 heavy (non-hydrogen) atoms. The normalized spacial score (nSPS) is 9.94. The summed E-state index contributed by atoms with van der Waals surface area (Å²) in [7, 11) is 0. The van der Waals surface area contributed by atoms with Crippen LogP contribution >= 0.6 is 0 Å². The van der Waals surface area contributed by atoms with Crippen LogP contribution in [0.15, 0.2) is 24.3 Å². The quantitative estimate of drug-likeness (QED) is 0.769. The monoisotopic (exact) mass is 236 g/mol. The second-order valence-corrected chi connectivity index (χ2v) is 3.67. The largest absolute Gasteiger partial charge is 0.481 e. The Morgan fingerprint density at radius 3 is 2.76 bits per heavy atom. The van der Waals surface area contributed by atoms with Crippen molar-refractivity contribution in [3.63, 3.8) is 0 Å². The van der Waals surface area contributed by atoms with Gasteiger partial charge in [-0.15, -0.1) is 0 Å². The van der Waals surface area contributed by atoms with E-state index < -0.39 is 5.97 Å². The summed E-state index contributed by atoms with van der Waals surface area (Å²) in [6.07, 6.45) is 1.37. The molecule has 0 amide bonds. The lowest BCUT2D eigenvalue weighted by Gasteiger charge is -2.04. The van der Waals surface area contributed by atoms with Crippen molar-refractivity contribution in [2.75, 3.05) is 6.61 Å². The molecule has 92 valence electrons. The third kappa shape index (κ3) is 4.68. The zero-order valence-corrected chi connectivity index (χ0v) is 9.81. The molecule has 1 rings (SSSR count). The van der Waals surface area contributed by atoms with Crippen LogP contribution in [0.3, 0.4) is 0 Å². The van der Waals surface area contributed by atoms with Crippen LogP contribution in [0.5, 0.6) is 0 Å². The number of esters is 1. The highest BCUT2D eigenvalue weighted by Gasteiger charge is 2.06. The fourth-order valence-electron chi connectivity index (χ4n) is 1.51. The van der Waals surface area contributed by atoms with Gasteiger partial charge >= 0.3 is 11.9 Å². The number of benzene rings is 1. The highest BCUT2D eigenvalue weighted by atomic mass is 16.5. The fraction of sp³-hybridized carbons (Fsp3) is 0.385. The Kier molecular flexibility index (Phi) is 5.20. The molecule has 0 fully saturated rings. The Morgan fingerprint density at radius 1 is 1.35 bits per heavy atom. The van der Waals surface area contributed by atoms with Crippen LogP contribution in [0.4, 0.5) is 0 Å². The second kappa shape index (κ2) is 6.68. The lowest BCUT2D eigenvalue weighted by molar-refractivity contribution is -0.137. The van der Waals surface area contributed by atoms with Crippen molar-refractivity contribution in [2.45, 2.75) is 26.2 Å². The maximum atomic E-state index is 11.5. The summed E-state index contributed by atoms with van der Waals surface area (Å²) < 4.78 is 4.89. The molecule has 1 aromatic rings. The van der Waals surface area contributed by atoms with E-state index in [1.165, 1.54) is 0 Å². The summed E-state index contributed by atoms with van der Waals surface area (Å²) >= 11 is 0. The first-order chi connectivity index (χ1) is 8.13. The smallest absolute Gasteiger partial charge is 0.338 e. The highest BCUT2D eigenvalue weighted by Crippen LogP contribution is 2.10. The summed E-state index contributed by atoms with van der Waals surface area (Å²) in [6, 6.07) is 7.10. The third-order valence-corrected chi connectivity index (χ3v) is 2.29. The molecule has 0 unspecified atom stereocenters. The summed E-state index contributed by atoms with van der Waals surface area (Å²) in [5.74, 6) is -1.14. The van der Waals surface area contributed by atoms with Gasteiger partial charge in [0.05, 0.1) is 12.2 Å². The Balaban J connectivity index is 2.59. The van der Waals surface area contributed by atoms with Crippen molar-refractivity contribution >= 4 is 11.9 Å². The van der Waals surface area contributed by atoms with Gasteiger partial charge in [-0.1, -0.05) is 12.1 Å². The standard InChI is InChI=1S/C13H16O4/c1-2-17-13(16)11-7-3-5-10(9-11)6-4-8-12(14)15/h3,5,7,9H,2,4,6,8H2,1H3,(H,14,15). The molecular formula is C13H16O4. The van der Waals surface area contributed by atoms with Crippen molar-refractivity contribution in [3.8, 4) is 0 Å². The minimum Gasteiger partial charge on any atom is -0.481 e. The molecule has 0 atom stereocenters. The van der Waals surface area contributed by atoms with Gasteiger partial charge < -0.3 is 9.84 Å². The van der Waals surface area contributed by atoms with Gasteiger partial charge in [0.15, 0.2) is 0 Å². The number of aliphatic carboxylic acids is 1. The Hall–Kier alpha value is -1.84. The van der Waals surface area contributed by atoms with E-state index in [0.717, 1.165) is 5.56 Å². The zero-order valence-electron chi connectivity index (χ0n) is 9.81. The number of hydrogen-bond donors (Lipinski definition) is 1. The number of carboxylic acid groups (broad SMARTS) is 1. The molecule has 0 heterocycles. The average molecular weight is 236 g/mol. The van der Waals surface area contributed by atoms with Gasteiger partial charge in [0.2, 0.25) is 0 Å². The number of rotatable bonds is 6. The van der Waals surface area contributed by atoms with Crippen molar-refractivity contribution in [3.05, 3.63) is 35.4 Å². The van der Waals surface area contributed by atoms with Gasteiger partial charge in [0.25, 0.3) is 0 Å². The average Bonchev–Trinajstić information content (AvgIpc) is 2.29. The van der Waals surface area contributed by atoms with Gasteiger partial charge in [-0.2, -0.15) is 0 Å². The fourth-order valence-corrected chi connectivity index (χ4v) is 1.51. The number of aryl methyl sites for hydroxylation is 1. The molecule has 1 aromatic carbocycles. The number of carboxylic acids is 1. The van der Waals surface area contributed by atoms with Crippen molar-refractivity contribution < 1.29 is 19.4 Å². The van der Waals surface area contributed by atoms with E-state index in [0.29, 0.717) is 25.0 Å². The maximum Gasteiger partial charge on any atom is 0.338 e. The van der Waals surface area contributed by atoms with Crippen LogP contribution < -0.4 is 0 Å². The van der Waals surface area contributed by atoms with Crippen molar-refractivity contribution in [1.29, 1.82) is 0 Å². The Morgan fingerprint density at radius 2 is 2.12 bits per heavy atom. The molecule has 0 saturated carbocycles. The summed E-state index contributed by atoms with van der Waals surface area (Å²) in [4.78, 5) is 21.8. The van der Waals surface area contributed by atoms with Crippen LogP contribution in [-0.4, -0.2) is 23.7 Å². The predicted octanol–water partition coefficient (Wildman–Crippen LogP) is 2.27. The van der Waals surface area contributed by atoms with E-state index in [1.54, 1.807) is 25.1 Å². The van der Waals surface area contributed by atoms with E-state index in [-0.39, 0.29) is 12.4 Å². The molecule has 0 aromatic heterocycles. The third-order valence-electron chi connectivity index (χ3n) is 2.29. The molecule has 1 N–H and O–H groups in total. The summed E-state index contributed by atoms with van der Waals surface area (Å²) in [5, 5.41) is 8.53. The molecule has 0 saturated heterocycles. The van der Waals surface area contributed by atoms with Crippen LogP contribution in [0.25, 0.3) is 0 Å². The van der Waals surface area contributed by atoms with Crippen molar-refractivity contribution in [2.24, 2.45) is 0 Å². The molecule has 0 spiro atoms. The zero-order chi connectivity index (χ0) is 12.7.